The van der Waals surface area contributed by atoms with Crippen LogP contribution in [0.15, 0.2) is 24.3 Å². The first-order valence-corrected chi connectivity index (χ1v) is 16.1. The Morgan fingerprint density at radius 2 is 1.77 bits per heavy atom. The molecule has 1 aliphatic rings. The van der Waals surface area contributed by atoms with Crippen molar-refractivity contribution in [2.24, 2.45) is 11.8 Å². The van der Waals surface area contributed by atoms with Gasteiger partial charge in [-0.1, -0.05) is 50.5 Å². The Balaban J connectivity index is 3.03. The number of aliphatic carboxylic acids is 3. The number of carbonyl (C=O) groups excluding carboxylic acids is 6. The summed E-state index contributed by atoms with van der Waals surface area (Å²) in [5.41, 5.74) is 3.39. The molecule has 14 heteroatoms. The van der Waals surface area contributed by atoms with E-state index in [1.807, 2.05) is 12.2 Å². The number of Topliss-reactive ketones (excluding diaryl/α,β-unsaturated/α-hetero) is 1. The lowest BCUT2D eigenvalue weighted by molar-refractivity contribution is -0.438. The summed E-state index contributed by atoms with van der Waals surface area (Å²) in [4.78, 5) is 70.8. The highest BCUT2D eigenvalue weighted by Crippen LogP contribution is 2.41. The minimum absolute atomic E-state index is 0.00123. The Bertz CT molecular complexity index is 1030. The van der Waals surface area contributed by atoms with E-state index in [4.69, 9.17) is 0 Å². The number of thioether (sulfide) groups is 1. The molecule has 6 N–H and O–H groups in total. The van der Waals surface area contributed by atoms with Crippen LogP contribution in [0.1, 0.15) is 77.6 Å². The molecule has 44 heavy (non-hydrogen) atoms. The van der Waals surface area contributed by atoms with Gasteiger partial charge < -0.3 is 51.2 Å². The molecule has 0 heterocycles. The molecule has 1 aliphatic carbocycles. The molecular weight excluding hydrogens is 594 g/mol. The Morgan fingerprint density at radius 3 is 2.41 bits per heavy atom. The van der Waals surface area contributed by atoms with Gasteiger partial charge >= 0.3 is 0 Å². The van der Waals surface area contributed by atoms with Crippen LogP contribution in [0.3, 0.4) is 0 Å². The summed E-state index contributed by atoms with van der Waals surface area (Å²) in [6.45, 7) is 1.29. The van der Waals surface area contributed by atoms with Crippen LogP contribution in [0.4, 0.5) is 0 Å². The van der Waals surface area contributed by atoms with Crippen molar-refractivity contribution < 1.29 is 54.9 Å². The maximum Gasteiger partial charge on any atom is 0.243 e. The molecule has 0 aromatic rings. The molecule has 0 bridgehead atoms. The molecule has 13 nitrogen and oxygen atoms in total. The van der Waals surface area contributed by atoms with Crippen molar-refractivity contribution in [3.63, 3.8) is 0 Å². The minimum atomic E-state index is -1.52. The summed E-state index contributed by atoms with van der Waals surface area (Å²) in [6, 6.07) is -2.31. The van der Waals surface area contributed by atoms with Gasteiger partial charge in [0.1, 0.15) is 17.9 Å². The second kappa shape index (κ2) is 21.5. The zero-order valence-corrected chi connectivity index (χ0v) is 26.0. The number of ketones is 1. The van der Waals surface area contributed by atoms with Crippen molar-refractivity contribution in [1.29, 1.82) is 0 Å². The number of quaternary nitrogens is 1. The highest BCUT2D eigenvalue weighted by atomic mass is 32.2. The molecule has 1 fully saturated rings. The SMILES string of the molecule is CCCCC[C@H](O)/C=C/[C@H]1C(=O)C[C@H](SC[C@H](NC(=O)CC[C@H]([NH3+])C(=O)[O-])C(=O)NCC(=O)[O-])[C@@H]1C/C=C\CCCC(=O)[O-]. The Kier molecular flexibility index (Phi) is 18.9. The number of carbonyl (C=O) groups is 6. The van der Waals surface area contributed by atoms with Crippen LogP contribution in [0.2, 0.25) is 0 Å². The Morgan fingerprint density at radius 1 is 1.05 bits per heavy atom. The van der Waals surface area contributed by atoms with E-state index in [9.17, 15) is 49.2 Å². The molecule has 0 aromatic carbocycles. The zero-order valence-electron chi connectivity index (χ0n) is 25.2. The number of nitrogens with one attached hydrogen (secondary N) is 2. The number of carboxylic acid groups (broad SMARTS) is 3. The number of unbranched alkanes of at least 4 members (excludes halogenated alkanes) is 3. The third kappa shape index (κ3) is 16.0. The summed E-state index contributed by atoms with van der Waals surface area (Å²) in [6.07, 6.45) is 10.9. The Labute approximate surface area is 262 Å². The highest BCUT2D eigenvalue weighted by molar-refractivity contribution is 8.00. The van der Waals surface area contributed by atoms with Crippen LogP contribution in [-0.2, 0) is 28.8 Å². The first-order chi connectivity index (χ1) is 20.8. The quantitative estimate of drug-likeness (QED) is 0.0655. The second-order valence-corrected chi connectivity index (χ2v) is 12.2. The van der Waals surface area contributed by atoms with Crippen LogP contribution in [0.5, 0.6) is 0 Å². The van der Waals surface area contributed by atoms with Gasteiger partial charge in [0.05, 0.1) is 24.6 Å². The molecule has 0 saturated heterocycles. The van der Waals surface area contributed by atoms with Crippen LogP contribution in [-0.4, -0.2) is 76.3 Å². The third-order valence-electron chi connectivity index (χ3n) is 7.27. The van der Waals surface area contributed by atoms with Gasteiger partial charge in [0, 0.05) is 42.2 Å². The van der Waals surface area contributed by atoms with Gasteiger partial charge in [-0.2, -0.15) is 11.8 Å². The first-order valence-electron chi connectivity index (χ1n) is 15.0. The van der Waals surface area contributed by atoms with Gasteiger partial charge in [-0.05, 0) is 38.0 Å². The predicted molar refractivity (Wildman–Crippen MR) is 156 cm³/mol. The smallest absolute Gasteiger partial charge is 0.243 e. The molecule has 0 unspecified atom stereocenters. The molecule has 0 aromatic heterocycles. The lowest BCUT2D eigenvalue weighted by Gasteiger charge is -2.24. The number of amides is 2. The fraction of sp³-hybridized carbons (Fsp3) is 0.667. The average molecular weight is 640 g/mol. The number of carboxylic acids is 3. The number of hydrogen-bond acceptors (Lipinski definition) is 11. The molecule has 0 aliphatic heterocycles. The van der Waals surface area contributed by atoms with Crippen molar-refractivity contribution in [1.82, 2.24) is 10.6 Å². The van der Waals surface area contributed by atoms with Gasteiger partial charge in [0.2, 0.25) is 11.8 Å². The van der Waals surface area contributed by atoms with Crippen molar-refractivity contribution >= 4 is 47.3 Å². The predicted octanol–water partition coefficient (Wildman–Crippen LogP) is -2.85. The van der Waals surface area contributed by atoms with Gasteiger partial charge in [-0.25, -0.2) is 0 Å². The van der Waals surface area contributed by atoms with Gasteiger partial charge in [0.25, 0.3) is 0 Å². The third-order valence-corrected chi connectivity index (χ3v) is 8.74. The van der Waals surface area contributed by atoms with Crippen molar-refractivity contribution in [2.75, 3.05) is 12.3 Å². The first kappa shape index (κ1) is 38.8. The summed E-state index contributed by atoms with van der Waals surface area (Å²) in [7, 11) is 0. The minimum Gasteiger partial charge on any atom is -0.550 e. The van der Waals surface area contributed by atoms with Crippen molar-refractivity contribution in [3.8, 4) is 0 Å². The standard InChI is InChI=1S/C30H47N3O10S/c1-2-3-6-9-19(34)12-13-20-21(10-7-4-5-8-11-27(37)38)25(16-24(20)35)44-18-23(29(41)32-17-28(39)40)33-26(36)15-14-22(31)30(42)43/h4,7,12-13,19-23,25,34H,2-3,5-6,8-11,14-18,31H2,1H3,(H,32,41)(H,33,36)(H,37,38)(H,39,40)(H,42,43)/p-2/b7-4-,13-12+/t19-,20+,21+,22-,23-,25-/m0/s1. The molecule has 0 spiro atoms. The number of aliphatic hydroxyl groups is 1. The molecule has 248 valence electrons. The molecule has 2 amide bonds. The monoisotopic (exact) mass is 639 g/mol. The fourth-order valence-electron chi connectivity index (χ4n) is 4.74. The maximum absolute atomic E-state index is 13.1. The van der Waals surface area contributed by atoms with Gasteiger partial charge in [0.15, 0.2) is 0 Å². The number of rotatable bonds is 23. The number of hydrogen-bond donors (Lipinski definition) is 4. The largest absolute Gasteiger partial charge is 0.550 e. The van der Waals surface area contributed by atoms with Gasteiger partial charge in [-0.3, -0.25) is 14.4 Å². The summed E-state index contributed by atoms with van der Waals surface area (Å²) in [5, 5.41) is 47.2. The normalized spacial score (nSPS) is 20.4. The number of allylic oxidation sites excluding steroid dienone is 3. The lowest BCUT2D eigenvalue weighted by atomic mass is 9.91. The van der Waals surface area contributed by atoms with Crippen molar-refractivity contribution in [2.45, 2.75) is 101 Å². The summed E-state index contributed by atoms with van der Waals surface area (Å²) >= 11 is 1.27. The summed E-state index contributed by atoms with van der Waals surface area (Å²) in [5.74, 6) is -6.25. The van der Waals surface area contributed by atoms with Crippen LogP contribution in [0.25, 0.3) is 0 Å². The van der Waals surface area contributed by atoms with E-state index in [2.05, 4.69) is 23.3 Å². The van der Waals surface area contributed by atoms with Crippen LogP contribution in [0, 0.1) is 11.8 Å². The van der Waals surface area contributed by atoms with E-state index in [0.717, 1.165) is 19.3 Å². The van der Waals surface area contributed by atoms with E-state index >= 15 is 0 Å². The molecule has 1 rings (SSSR count). The molecule has 6 atom stereocenters. The van der Waals surface area contributed by atoms with E-state index in [1.54, 1.807) is 12.2 Å². The van der Waals surface area contributed by atoms with Crippen LogP contribution < -0.4 is 31.7 Å². The van der Waals surface area contributed by atoms with E-state index < -0.39 is 60.4 Å². The molecule has 0 radical (unpaired) electrons. The molecule has 1 saturated carbocycles. The number of aliphatic hydroxyl groups excluding tert-OH is 1. The Hall–Kier alpha value is -3.23. The van der Waals surface area contributed by atoms with Crippen molar-refractivity contribution in [3.05, 3.63) is 24.3 Å². The second-order valence-electron chi connectivity index (χ2n) is 10.9. The molecular formula is C30H45N3O10S-2. The average Bonchev–Trinajstić information content (AvgIpc) is 3.26. The van der Waals surface area contributed by atoms with E-state index in [1.165, 1.54) is 11.8 Å². The van der Waals surface area contributed by atoms with Gasteiger partial charge in [-0.15, -0.1) is 0 Å². The maximum atomic E-state index is 13.1. The topological polar surface area (TPSA) is 244 Å². The van der Waals surface area contributed by atoms with E-state index in [-0.39, 0.29) is 48.4 Å². The summed E-state index contributed by atoms with van der Waals surface area (Å²) < 4.78 is 0. The van der Waals surface area contributed by atoms with E-state index in [0.29, 0.717) is 25.7 Å². The fourth-order valence-corrected chi connectivity index (χ4v) is 6.23. The zero-order chi connectivity index (χ0) is 33.1. The highest BCUT2D eigenvalue weighted by Gasteiger charge is 2.41. The lowest BCUT2D eigenvalue weighted by Crippen LogP contribution is -2.68. The van der Waals surface area contributed by atoms with Crippen LogP contribution >= 0.6 is 11.8 Å².